The van der Waals surface area contributed by atoms with E-state index in [1.807, 2.05) is 0 Å². The predicted octanol–water partition coefficient (Wildman–Crippen LogP) is 4.21. The Morgan fingerprint density at radius 2 is 1.52 bits per heavy atom. The summed E-state index contributed by atoms with van der Waals surface area (Å²) in [6.07, 6.45) is 1.38. The molecule has 33 heavy (non-hydrogen) atoms. The van der Waals surface area contributed by atoms with Crippen molar-refractivity contribution in [3.8, 4) is 23.0 Å². The van der Waals surface area contributed by atoms with Crippen LogP contribution in [0.3, 0.4) is 0 Å². The third-order valence-electron chi connectivity index (χ3n) is 4.32. The van der Waals surface area contributed by atoms with Gasteiger partial charge >= 0.3 is 5.97 Å². The van der Waals surface area contributed by atoms with Crippen molar-refractivity contribution in [1.29, 1.82) is 0 Å². The molecule has 0 saturated carbocycles. The Morgan fingerprint density at radius 3 is 2.15 bits per heavy atom. The van der Waals surface area contributed by atoms with Crippen molar-refractivity contribution in [3.05, 3.63) is 82.3 Å². The topological polar surface area (TPSA) is 95.5 Å². The summed E-state index contributed by atoms with van der Waals surface area (Å²) in [7, 11) is 3.11. The third-order valence-corrected chi connectivity index (χ3v) is 4.82. The van der Waals surface area contributed by atoms with Gasteiger partial charge in [-0.15, -0.1) is 0 Å². The van der Waals surface area contributed by atoms with Crippen LogP contribution in [-0.4, -0.2) is 38.9 Å². The first-order valence-corrected chi connectivity index (χ1v) is 10.5. The molecular formula is C24H21BrN2O6. The summed E-state index contributed by atoms with van der Waals surface area (Å²) in [5, 5.41) is 3.93. The Hall–Kier alpha value is -3.85. The van der Waals surface area contributed by atoms with Crippen molar-refractivity contribution in [2.75, 3.05) is 20.8 Å². The number of methoxy groups -OCH3 is 2. The zero-order valence-electron chi connectivity index (χ0n) is 17.9. The van der Waals surface area contributed by atoms with Crippen molar-refractivity contribution in [3.63, 3.8) is 0 Å². The van der Waals surface area contributed by atoms with Crippen LogP contribution in [0.5, 0.6) is 23.0 Å². The predicted molar refractivity (Wildman–Crippen MR) is 126 cm³/mol. The van der Waals surface area contributed by atoms with Gasteiger partial charge in [-0.25, -0.2) is 10.2 Å². The van der Waals surface area contributed by atoms with Crippen LogP contribution in [0.2, 0.25) is 0 Å². The zero-order valence-corrected chi connectivity index (χ0v) is 19.5. The molecule has 0 aliphatic heterocycles. The summed E-state index contributed by atoms with van der Waals surface area (Å²) < 4.78 is 21.8. The molecule has 170 valence electrons. The Morgan fingerprint density at radius 1 is 0.909 bits per heavy atom. The molecule has 0 aromatic heterocycles. The molecule has 0 unspecified atom stereocenters. The lowest BCUT2D eigenvalue weighted by Crippen LogP contribution is -2.24. The van der Waals surface area contributed by atoms with E-state index in [9.17, 15) is 9.59 Å². The molecule has 8 nitrogen and oxygen atoms in total. The van der Waals surface area contributed by atoms with Gasteiger partial charge in [0, 0.05) is 10.0 Å². The molecule has 3 aromatic carbocycles. The third kappa shape index (κ3) is 7.08. The SMILES string of the molecule is COc1ccc(OCC(=O)NN=Cc2cc(Br)ccc2OC(=O)c2ccc(OC)cc2)cc1. The Balaban J connectivity index is 1.59. The van der Waals surface area contributed by atoms with E-state index in [1.165, 1.54) is 6.21 Å². The van der Waals surface area contributed by atoms with Crippen LogP contribution in [-0.2, 0) is 4.79 Å². The number of hydrogen-bond donors (Lipinski definition) is 1. The van der Waals surface area contributed by atoms with Crippen LogP contribution >= 0.6 is 15.9 Å². The first-order valence-electron chi connectivity index (χ1n) is 9.73. The number of nitrogens with one attached hydrogen (secondary N) is 1. The summed E-state index contributed by atoms with van der Waals surface area (Å²) in [4.78, 5) is 24.5. The van der Waals surface area contributed by atoms with Gasteiger partial charge in [0.05, 0.1) is 26.0 Å². The summed E-state index contributed by atoms with van der Waals surface area (Å²) in [6.45, 7) is -0.221. The number of carbonyl (C=O) groups excluding carboxylic acids is 2. The number of amides is 1. The average Bonchev–Trinajstić information content (AvgIpc) is 2.84. The lowest BCUT2D eigenvalue weighted by molar-refractivity contribution is -0.123. The van der Waals surface area contributed by atoms with E-state index in [1.54, 1.807) is 80.9 Å². The molecule has 0 radical (unpaired) electrons. The van der Waals surface area contributed by atoms with E-state index in [4.69, 9.17) is 18.9 Å². The second kappa shape index (κ2) is 11.7. The maximum Gasteiger partial charge on any atom is 0.343 e. The minimum Gasteiger partial charge on any atom is -0.497 e. The number of esters is 1. The molecule has 0 heterocycles. The van der Waals surface area contributed by atoms with Gasteiger partial charge < -0.3 is 18.9 Å². The van der Waals surface area contributed by atoms with Gasteiger partial charge in [-0.05, 0) is 66.7 Å². The van der Waals surface area contributed by atoms with Gasteiger partial charge in [-0.2, -0.15) is 5.10 Å². The van der Waals surface area contributed by atoms with Crippen LogP contribution in [0.25, 0.3) is 0 Å². The molecular weight excluding hydrogens is 492 g/mol. The molecule has 9 heteroatoms. The van der Waals surface area contributed by atoms with Gasteiger partial charge in [-0.1, -0.05) is 15.9 Å². The first kappa shape index (κ1) is 23.8. The second-order valence-electron chi connectivity index (χ2n) is 6.56. The molecule has 3 rings (SSSR count). The number of ether oxygens (including phenoxy) is 4. The molecule has 0 spiro atoms. The van der Waals surface area contributed by atoms with E-state index in [0.29, 0.717) is 28.4 Å². The van der Waals surface area contributed by atoms with Crippen molar-refractivity contribution >= 4 is 34.0 Å². The smallest absolute Gasteiger partial charge is 0.343 e. The molecule has 0 atom stereocenters. The monoisotopic (exact) mass is 512 g/mol. The largest absolute Gasteiger partial charge is 0.497 e. The lowest BCUT2D eigenvalue weighted by atomic mass is 10.2. The number of carbonyl (C=O) groups is 2. The van der Waals surface area contributed by atoms with Gasteiger partial charge in [0.25, 0.3) is 5.91 Å². The van der Waals surface area contributed by atoms with Crippen LogP contribution in [0.4, 0.5) is 0 Å². The van der Waals surface area contributed by atoms with Crippen molar-refractivity contribution in [2.24, 2.45) is 5.10 Å². The van der Waals surface area contributed by atoms with Crippen molar-refractivity contribution in [1.82, 2.24) is 5.43 Å². The summed E-state index contributed by atoms with van der Waals surface area (Å²) >= 11 is 3.37. The molecule has 0 saturated heterocycles. The second-order valence-corrected chi connectivity index (χ2v) is 7.47. The number of halogens is 1. The number of hydrogen-bond acceptors (Lipinski definition) is 7. The maximum absolute atomic E-state index is 12.5. The highest BCUT2D eigenvalue weighted by atomic mass is 79.9. The fourth-order valence-electron chi connectivity index (χ4n) is 2.63. The Labute approximate surface area is 199 Å². The first-order chi connectivity index (χ1) is 16.0. The highest BCUT2D eigenvalue weighted by molar-refractivity contribution is 9.10. The minimum atomic E-state index is -0.536. The normalized spacial score (nSPS) is 10.5. The molecule has 3 aromatic rings. The van der Waals surface area contributed by atoms with E-state index in [0.717, 1.165) is 4.47 Å². The van der Waals surface area contributed by atoms with Crippen molar-refractivity contribution < 1.29 is 28.5 Å². The summed E-state index contributed by atoms with van der Waals surface area (Å²) in [6, 6.07) is 18.5. The fourth-order valence-corrected chi connectivity index (χ4v) is 3.00. The Kier molecular flexibility index (Phi) is 8.43. The number of benzene rings is 3. The molecule has 0 aliphatic carbocycles. The van der Waals surface area contributed by atoms with E-state index in [-0.39, 0.29) is 12.4 Å². The zero-order chi connectivity index (χ0) is 23.6. The van der Waals surface area contributed by atoms with Gasteiger partial charge in [0.15, 0.2) is 6.61 Å². The van der Waals surface area contributed by atoms with Gasteiger partial charge in [0.2, 0.25) is 0 Å². The minimum absolute atomic E-state index is 0.221. The fraction of sp³-hybridized carbons (Fsp3) is 0.125. The molecule has 1 N–H and O–H groups in total. The van der Waals surface area contributed by atoms with Crippen LogP contribution in [0.15, 0.2) is 76.3 Å². The van der Waals surface area contributed by atoms with Crippen LogP contribution in [0.1, 0.15) is 15.9 Å². The number of rotatable bonds is 9. The summed E-state index contributed by atoms with van der Waals surface area (Å²) in [5.74, 6) is 1.14. The highest BCUT2D eigenvalue weighted by Crippen LogP contribution is 2.23. The Bertz CT molecular complexity index is 1130. The molecule has 0 aliphatic rings. The highest BCUT2D eigenvalue weighted by Gasteiger charge is 2.12. The number of hydrazone groups is 1. The molecule has 1 amide bonds. The maximum atomic E-state index is 12.5. The van der Waals surface area contributed by atoms with Gasteiger partial charge in [0.1, 0.15) is 23.0 Å². The summed E-state index contributed by atoms with van der Waals surface area (Å²) in [5.41, 5.74) is 3.23. The van der Waals surface area contributed by atoms with E-state index in [2.05, 4.69) is 26.5 Å². The van der Waals surface area contributed by atoms with Crippen LogP contribution in [0, 0.1) is 0 Å². The van der Waals surface area contributed by atoms with Crippen LogP contribution < -0.4 is 24.4 Å². The van der Waals surface area contributed by atoms with E-state index >= 15 is 0 Å². The quantitative estimate of drug-likeness (QED) is 0.199. The lowest BCUT2D eigenvalue weighted by Gasteiger charge is -2.09. The molecule has 0 bridgehead atoms. The average molecular weight is 513 g/mol. The molecule has 0 fully saturated rings. The van der Waals surface area contributed by atoms with E-state index < -0.39 is 11.9 Å². The van der Waals surface area contributed by atoms with Crippen molar-refractivity contribution in [2.45, 2.75) is 0 Å². The number of nitrogens with zero attached hydrogens (tertiary/aromatic N) is 1. The van der Waals surface area contributed by atoms with Gasteiger partial charge in [-0.3, -0.25) is 4.79 Å². The standard InChI is InChI=1S/C24H21BrN2O6/c1-30-19-6-3-16(4-7-19)24(29)33-22-12-5-18(25)13-17(22)14-26-27-23(28)15-32-21-10-8-20(31-2)9-11-21/h3-14H,15H2,1-2H3,(H,27,28).